The Morgan fingerprint density at radius 3 is 2.11 bits per heavy atom. The Morgan fingerprint density at radius 1 is 0.947 bits per heavy atom. The highest BCUT2D eigenvalue weighted by Crippen LogP contribution is 2.03. The second-order valence-electron chi connectivity index (χ2n) is 4.25. The van der Waals surface area contributed by atoms with Crippen molar-refractivity contribution in [2.75, 3.05) is 0 Å². The predicted octanol–water partition coefficient (Wildman–Crippen LogP) is 2.43. The van der Waals surface area contributed by atoms with E-state index < -0.39 is 6.04 Å². The van der Waals surface area contributed by atoms with Crippen LogP contribution in [0, 0.1) is 0 Å². The zero-order valence-corrected chi connectivity index (χ0v) is 10.6. The van der Waals surface area contributed by atoms with E-state index in [9.17, 15) is 4.79 Å². The van der Waals surface area contributed by atoms with Crippen LogP contribution in [-0.4, -0.2) is 12.3 Å². The van der Waals surface area contributed by atoms with Crippen molar-refractivity contribution < 1.29 is 9.63 Å². The van der Waals surface area contributed by atoms with Crippen molar-refractivity contribution in [2.45, 2.75) is 19.1 Å². The molecule has 0 fully saturated rings. The van der Waals surface area contributed by atoms with E-state index in [4.69, 9.17) is 4.84 Å². The Morgan fingerprint density at radius 2 is 1.53 bits per heavy atom. The molecule has 2 aromatic rings. The van der Waals surface area contributed by atoms with E-state index in [0.717, 1.165) is 11.1 Å². The van der Waals surface area contributed by atoms with Gasteiger partial charge in [0.15, 0.2) is 0 Å². The van der Waals surface area contributed by atoms with Gasteiger partial charge in [-0.2, -0.15) is 5.48 Å². The van der Waals surface area contributed by atoms with Gasteiger partial charge in [-0.15, -0.1) is 0 Å². The van der Waals surface area contributed by atoms with E-state index in [-0.39, 0.29) is 0 Å². The zero-order valence-electron chi connectivity index (χ0n) is 10.6. The van der Waals surface area contributed by atoms with Gasteiger partial charge in [0.1, 0.15) is 6.04 Å². The van der Waals surface area contributed by atoms with Gasteiger partial charge >= 0.3 is 0 Å². The van der Waals surface area contributed by atoms with Crippen LogP contribution in [0.5, 0.6) is 0 Å². The van der Waals surface area contributed by atoms with Crippen molar-refractivity contribution in [1.82, 2.24) is 5.48 Å². The van der Waals surface area contributed by atoms with Crippen LogP contribution in [-0.2, 0) is 22.7 Å². The van der Waals surface area contributed by atoms with Gasteiger partial charge in [-0.05, 0) is 17.5 Å². The van der Waals surface area contributed by atoms with Crippen LogP contribution in [0.3, 0.4) is 0 Å². The molecule has 0 aliphatic heterocycles. The van der Waals surface area contributed by atoms with Gasteiger partial charge in [0.25, 0.3) is 0 Å². The molecule has 1 atom stereocenters. The first-order chi connectivity index (χ1) is 9.38. The Labute approximate surface area is 113 Å². The van der Waals surface area contributed by atoms with Gasteiger partial charge in [0.05, 0.1) is 6.61 Å². The number of benzene rings is 2. The fourth-order valence-corrected chi connectivity index (χ4v) is 1.76. The minimum absolute atomic E-state index is 0.424. The predicted molar refractivity (Wildman–Crippen MR) is 74.0 cm³/mol. The van der Waals surface area contributed by atoms with Crippen molar-refractivity contribution >= 4 is 6.29 Å². The van der Waals surface area contributed by atoms with Gasteiger partial charge < -0.3 is 0 Å². The molecule has 2 aromatic carbocycles. The van der Waals surface area contributed by atoms with E-state index in [2.05, 4.69) is 5.48 Å². The second-order valence-corrected chi connectivity index (χ2v) is 4.25. The normalized spacial score (nSPS) is 12.0. The molecule has 19 heavy (non-hydrogen) atoms. The number of carbonyl (C=O) groups excluding carboxylic acids is 1. The summed E-state index contributed by atoms with van der Waals surface area (Å²) in [5, 5.41) is 0. The number of nitrogens with one attached hydrogen (secondary N) is 1. The van der Waals surface area contributed by atoms with Crippen LogP contribution >= 0.6 is 0 Å². The summed E-state index contributed by atoms with van der Waals surface area (Å²) in [7, 11) is 0. The van der Waals surface area contributed by atoms with E-state index in [1.807, 2.05) is 66.9 Å². The third-order valence-corrected chi connectivity index (χ3v) is 2.73. The molecule has 3 heteroatoms. The molecule has 0 amide bonds. The molecular weight excluding hydrogens is 238 g/mol. The lowest BCUT2D eigenvalue weighted by Crippen LogP contribution is -2.32. The van der Waals surface area contributed by atoms with Crippen molar-refractivity contribution in [3.63, 3.8) is 0 Å². The average molecular weight is 254 g/mol. The van der Waals surface area contributed by atoms with E-state index in [1.54, 1.807) is 0 Å². The van der Waals surface area contributed by atoms with Crippen molar-refractivity contribution in [1.29, 1.82) is 0 Å². The summed E-state index contributed by atoms with van der Waals surface area (Å²) in [6, 6.07) is 19.1. The van der Waals surface area contributed by atoms with Gasteiger partial charge in [0, 0.05) is 0 Å². The van der Waals surface area contributed by atoms with E-state index in [1.165, 1.54) is 0 Å². The van der Waals surface area contributed by atoms with Crippen LogP contribution in [0.15, 0.2) is 60.7 Å². The minimum atomic E-state index is -0.453. The minimum Gasteiger partial charge on any atom is -0.296 e. The summed E-state index contributed by atoms with van der Waals surface area (Å²) in [5.74, 6) is 0. The summed E-state index contributed by atoms with van der Waals surface area (Å²) < 4.78 is 0. The SMILES string of the molecule is O=[C][C@H](Cc1ccccc1)NOCc1ccccc1. The van der Waals surface area contributed by atoms with Gasteiger partial charge in [-0.25, -0.2) is 0 Å². The van der Waals surface area contributed by atoms with Gasteiger partial charge in [-0.1, -0.05) is 60.7 Å². The molecule has 0 aromatic heterocycles. The quantitative estimate of drug-likeness (QED) is 0.771. The van der Waals surface area contributed by atoms with Crippen LogP contribution in [0.4, 0.5) is 0 Å². The Balaban J connectivity index is 1.78. The lowest BCUT2D eigenvalue weighted by atomic mass is 10.1. The fourth-order valence-electron chi connectivity index (χ4n) is 1.76. The smallest absolute Gasteiger partial charge is 0.219 e. The first-order valence-electron chi connectivity index (χ1n) is 6.21. The number of rotatable bonds is 7. The highest BCUT2D eigenvalue weighted by Gasteiger charge is 2.09. The van der Waals surface area contributed by atoms with E-state index in [0.29, 0.717) is 13.0 Å². The largest absolute Gasteiger partial charge is 0.296 e. The van der Waals surface area contributed by atoms with Crippen LogP contribution < -0.4 is 5.48 Å². The van der Waals surface area contributed by atoms with Gasteiger partial charge in [0.2, 0.25) is 6.29 Å². The molecule has 3 nitrogen and oxygen atoms in total. The molecule has 0 heterocycles. The molecule has 0 bridgehead atoms. The summed E-state index contributed by atoms with van der Waals surface area (Å²) in [6.45, 7) is 0.424. The summed E-state index contributed by atoms with van der Waals surface area (Å²) in [6.07, 6.45) is 2.52. The molecule has 1 N–H and O–H groups in total. The molecule has 0 saturated carbocycles. The molecule has 0 aliphatic rings. The Kier molecular flexibility index (Phi) is 5.29. The topological polar surface area (TPSA) is 38.3 Å². The third-order valence-electron chi connectivity index (χ3n) is 2.73. The summed E-state index contributed by atoms with van der Waals surface area (Å²) >= 11 is 0. The number of hydrogen-bond acceptors (Lipinski definition) is 3. The fraction of sp³-hybridized carbons (Fsp3) is 0.188. The lowest BCUT2D eigenvalue weighted by Gasteiger charge is -2.12. The number of hydrogen-bond donors (Lipinski definition) is 1. The van der Waals surface area contributed by atoms with Crippen molar-refractivity contribution in [2.24, 2.45) is 0 Å². The molecule has 97 valence electrons. The Bertz CT molecular complexity index is 485. The van der Waals surface area contributed by atoms with Crippen LogP contribution in [0.25, 0.3) is 0 Å². The highest BCUT2D eigenvalue weighted by molar-refractivity contribution is 5.59. The molecule has 2 rings (SSSR count). The summed E-state index contributed by atoms with van der Waals surface area (Å²) in [5.41, 5.74) is 4.87. The molecule has 1 radical (unpaired) electrons. The first kappa shape index (κ1) is 13.5. The molecular formula is C16H16NO2. The second kappa shape index (κ2) is 7.46. The molecule has 0 saturated heterocycles. The molecule has 0 unspecified atom stereocenters. The highest BCUT2D eigenvalue weighted by atomic mass is 16.6. The average Bonchev–Trinajstić information content (AvgIpc) is 2.48. The first-order valence-corrected chi connectivity index (χ1v) is 6.21. The van der Waals surface area contributed by atoms with Crippen molar-refractivity contribution in [3.05, 3.63) is 71.8 Å². The summed E-state index contributed by atoms with van der Waals surface area (Å²) in [4.78, 5) is 16.2. The van der Waals surface area contributed by atoms with Crippen molar-refractivity contribution in [3.8, 4) is 0 Å². The van der Waals surface area contributed by atoms with E-state index >= 15 is 0 Å². The monoisotopic (exact) mass is 254 g/mol. The maximum Gasteiger partial charge on any atom is 0.219 e. The molecule has 0 spiro atoms. The maximum absolute atomic E-state index is 10.9. The Hall–Kier alpha value is -1.97. The standard InChI is InChI=1S/C16H16NO2/c18-12-16(11-14-7-3-1-4-8-14)17-19-13-15-9-5-2-6-10-15/h1-10,16-17H,11,13H2/t16-/m0/s1. The molecule has 0 aliphatic carbocycles. The van der Waals surface area contributed by atoms with Gasteiger partial charge in [-0.3, -0.25) is 9.63 Å². The maximum atomic E-state index is 10.9. The third kappa shape index (κ3) is 4.66. The zero-order chi connectivity index (χ0) is 13.3. The van der Waals surface area contributed by atoms with Crippen LogP contribution in [0.2, 0.25) is 0 Å². The number of hydroxylamine groups is 1. The lowest BCUT2D eigenvalue weighted by molar-refractivity contribution is 0.0170. The van der Waals surface area contributed by atoms with Crippen LogP contribution in [0.1, 0.15) is 11.1 Å².